The average Bonchev–Trinajstić information content (AvgIpc) is 2.53. The minimum atomic E-state index is -0.797. The van der Waals surface area contributed by atoms with E-state index in [1.807, 2.05) is 6.92 Å². The highest BCUT2D eigenvalue weighted by atomic mass is 16.5. The molecule has 2 fully saturated rings. The molecule has 120 valence electrons. The molecule has 1 saturated heterocycles. The first-order valence-corrected chi connectivity index (χ1v) is 8.29. The number of hydrogen-bond acceptors (Lipinski definition) is 3. The Morgan fingerprint density at radius 3 is 2.52 bits per heavy atom. The van der Waals surface area contributed by atoms with Crippen LogP contribution in [0.5, 0.6) is 0 Å². The number of amides is 1. The van der Waals surface area contributed by atoms with Crippen molar-refractivity contribution in [2.24, 2.45) is 5.92 Å². The molecule has 5 heteroatoms. The predicted octanol–water partition coefficient (Wildman–Crippen LogP) is 2.44. The van der Waals surface area contributed by atoms with E-state index < -0.39 is 18.0 Å². The first-order valence-electron chi connectivity index (χ1n) is 8.29. The Bertz CT molecular complexity index is 365. The van der Waals surface area contributed by atoms with E-state index in [1.54, 1.807) is 4.90 Å². The maximum atomic E-state index is 12.6. The highest BCUT2D eigenvalue weighted by molar-refractivity contribution is 5.82. The minimum Gasteiger partial charge on any atom is -0.481 e. The Balaban J connectivity index is 1.90. The fourth-order valence-electron chi connectivity index (χ4n) is 3.35. The Hall–Kier alpha value is -1.10. The molecule has 5 nitrogen and oxygen atoms in total. The van der Waals surface area contributed by atoms with Crippen molar-refractivity contribution in [2.45, 2.75) is 70.5 Å². The summed E-state index contributed by atoms with van der Waals surface area (Å²) in [4.78, 5) is 25.4. The summed E-state index contributed by atoms with van der Waals surface area (Å²) in [5.41, 5.74) is 0. The number of hydrogen-bond donors (Lipinski definition) is 1. The van der Waals surface area contributed by atoms with Gasteiger partial charge in [-0.2, -0.15) is 0 Å². The van der Waals surface area contributed by atoms with Gasteiger partial charge in [-0.1, -0.05) is 26.2 Å². The fourth-order valence-corrected chi connectivity index (χ4v) is 3.35. The summed E-state index contributed by atoms with van der Waals surface area (Å²) in [5, 5.41) is 9.13. The molecule has 1 heterocycles. The highest BCUT2D eigenvalue weighted by Gasteiger charge is 2.32. The Labute approximate surface area is 126 Å². The predicted molar refractivity (Wildman–Crippen MR) is 79.0 cm³/mol. The van der Waals surface area contributed by atoms with E-state index in [4.69, 9.17) is 9.84 Å². The second-order valence-corrected chi connectivity index (χ2v) is 6.25. The van der Waals surface area contributed by atoms with E-state index in [-0.39, 0.29) is 12.0 Å². The Morgan fingerprint density at radius 1 is 1.19 bits per heavy atom. The van der Waals surface area contributed by atoms with E-state index in [0.29, 0.717) is 25.9 Å². The van der Waals surface area contributed by atoms with Gasteiger partial charge in [-0.25, -0.2) is 0 Å². The first kappa shape index (κ1) is 16.3. The summed E-state index contributed by atoms with van der Waals surface area (Å²) in [7, 11) is 0. The Morgan fingerprint density at radius 2 is 1.90 bits per heavy atom. The number of carboxylic acids is 1. The smallest absolute Gasteiger partial charge is 0.308 e. The molecule has 0 bridgehead atoms. The number of likely N-dealkylation sites (tertiary alicyclic amines) is 1. The van der Waals surface area contributed by atoms with Crippen LogP contribution < -0.4 is 0 Å². The van der Waals surface area contributed by atoms with Crippen molar-refractivity contribution >= 4 is 11.9 Å². The van der Waals surface area contributed by atoms with E-state index >= 15 is 0 Å². The van der Waals surface area contributed by atoms with Gasteiger partial charge in [0.15, 0.2) is 0 Å². The van der Waals surface area contributed by atoms with Gasteiger partial charge in [-0.15, -0.1) is 0 Å². The zero-order valence-electron chi connectivity index (χ0n) is 12.9. The summed E-state index contributed by atoms with van der Waals surface area (Å²) in [6.07, 6.45) is 7.60. The van der Waals surface area contributed by atoms with Gasteiger partial charge >= 0.3 is 5.97 Å². The number of ether oxygens (including phenoxy) is 1. The van der Waals surface area contributed by atoms with E-state index in [2.05, 4.69) is 0 Å². The third-order valence-electron chi connectivity index (χ3n) is 4.64. The van der Waals surface area contributed by atoms with Gasteiger partial charge in [-0.3, -0.25) is 9.59 Å². The van der Waals surface area contributed by atoms with Crippen LogP contribution in [0.4, 0.5) is 0 Å². The third kappa shape index (κ3) is 4.43. The van der Waals surface area contributed by atoms with Gasteiger partial charge in [0.2, 0.25) is 0 Å². The van der Waals surface area contributed by atoms with Gasteiger partial charge in [-0.05, 0) is 32.1 Å². The van der Waals surface area contributed by atoms with Gasteiger partial charge in [0.25, 0.3) is 5.91 Å². The van der Waals surface area contributed by atoms with E-state index in [9.17, 15) is 9.59 Å². The van der Waals surface area contributed by atoms with Crippen LogP contribution in [0.1, 0.15) is 58.3 Å². The van der Waals surface area contributed by atoms with Crippen LogP contribution in [-0.4, -0.2) is 47.2 Å². The summed E-state index contributed by atoms with van der Waals surface area (Å²) in [5.74, 6) is -1.24. The second kappa shape index (κ2) is 7.78. The normalized spacial score (nSPS) is 25.6. The molecule has 1 amide bonds. The van der Waals surface area contributed by atoms with Gasteiger partial charge in [0.05, 0.1) is 12.0 Å². The van der Waals surface area contributed by atoms with Crippen LogP contribution in [0.3, 0.4) is 0 Å². The molecule has 1 aliphatic heterocycles. The molecule has 0 aromatic heterocycles. The molecule has 0 unspecified atom stereocenters. The van der Waals surface area contributed by atoms with Crippen molar-refractivity contribution in [3.8, 4) is 0 Å². The zero-order valence-corrected chi connectivity index (χ0v) is 12.9. The van der Waals surface area contributed by atoms with Crippen LogP contribution in [0.25, 0.3) is 0 Å². The quantitative estimate of drug-likeness (QED) is 0.846. The van der Waals surface area contributed by atoms with Gasteiger partial charge in [0, 0.05) is 13.1 Å². The fraction of sp³-hybridized carbons (Fsp3) is 0.875. The number of aliphatic carboxylic acids is 1. The molecule has 0 aromatic rings. The van der Waals surface area contributed by atoms with Crippen LogP contribution in [0, 0.1) is 5.92 Å². The molecule has 0 spiro atoms. The number of rotatable bonds is 5. The maximum Gasteiger partial charge on any atom is 0.308 e. The number of piperidine rings is 1. The molecule has 2 rings (SSSR count). The van der Waals surface area contributed by atoms with Gasteiger partial charge in [0.1, 0.15) is 6.10 Å². The summed E-state index contributed by atoms with van der Waals surface area (Å²) in [6, 6.07) is 0. The van der Waals surface area contributed by atoms with Crippen molar-refractivity contribution in [3.05, 3.63) is 0 Å². The molecule has 0 radical (unpaired) electrons. The average molecular weight is 297 g/mol. The minimum absolute atomic E-state index is 0.0194. The molecule has 2 aliphatic rings. The largest absolute Gasteiger partial charge is 0.481 e. The lowest BCUT2D eigenvalue weighted by Crippen LogP contribution is -2.48. The summed E-state index contributed by atoms with van der Waals surface area (Å²) < 4.78 is 6.01. The number of carboxylic acid groups (broad SMARTS) is 1. The number of carbonyl (C=O) groups excluding carboxylic acids is 1. The molecular formula is C16H27NO4. The van der Waals surface area contributed by atoms with Crippen LogP contribution in [0.2, 0.25) is 0 Å². The molecular weight excluding hydrogens is 270 g/mol. The van der Waals surface area contributed by atoms with Crippen molar-refractivity contribution in [2.75, 3.05) is 13.1 Å². The standard InChI is InChI=1S/C16H27NO4/c1-2-14(21-13-8-4-3-5-9-13)15(18)17-10-6-7-12(11-17)16(19)20/h12-14H,2-11H2,1H3,(H,19,20)/t12-,14+/m1/s1. The molecule has 2 atom stereocenters. The van der Waals surface area contributed by atoms with Crippen LogP contribution >= 0.6 is 0 Å². The zero-order chi connectivity index (χ0) is 15.2. The second-order valence-electron chi connectivity index (χ2n) is 6.25. The number of carbonyl (C=O) groups is 2. The SMILES string of the molecule is CC[C@H](OC1CCCCC1)C(=O)N1CCC[C@@H](C(=O)O)C1. The van der Waals surface area contributed by atoms with Crippen molar-refractivity contribution < 1.29 is 19.4 Å². The Kier molecular flexibility index (Phi) is 6.03. The molecule has 1 aliphatic carbocycles. The van der Waals surface area contributed by atoms with Crippen molar-refractivity contribution in [1.82, 2.24) is 4.90 Å². The van der Waals surface area contributed by atoms with E-state index in [0.717, 1.165) is 19.3 Å². The lowest BCUT2D eigenvalue weighted by Gasteiger charge is -2.34. The maximum absolute atomic E-state index is 12.6. The lowest BCUT2D eigenvalue weighted by molar-refractivity contribution is -0.154. The molecule has 1 saturated carbocycles. The summed E-state index contributed by atoms with van der Waals surface area (Å²) in [6.45, 7) is 2.95. The monoisotopic (exact) mass is 297 g/mol. The van der Waals surface area contributed by atoms with Crippen LogP contribution in [-0.2, 0) is 14.3 Å². The third-order valence-corrected chi connectivity index (χ3v) is 4.64. The topological polar surface area (TPSA) is 66.8 Å². The molecule has 0 aromatic carbocycles. The summed E-state index contributed by atoms with van der Waals surface area (Å²) >= 11 is 0. The highest BCUT2D eigenvalue weighted by Crippen LogP contribution is 2.24. The molecule has 1 N–H and O–H groups in total. The molecule has 21 heavy (non-hydrogen) atoms. The van der Waals surface area contributed by atoms with Crippen molar-refractivity contribution in [3.63, 3.8) is 0 Å². The van der Waals surface area contributed by atoms with Gasteiger partial charge < -0.3 is 14.7 Å². The lowest BCUT2D eigenvalue weighted by atomic mass is 9.96. The van der Waals surface area contributed by atoms with E-state index in [1.165, 1.54) is 19.3 Å². The number of nitrogens with zero attached hydrogens (tertiary/aromatic N) is 1. The van der Waals surface area contributed by atoms with Crippen LogP contribution in [0.15, 0.2) is 0 Å². The first-order chi connectivity index (χ1) is 10.1. The van der Waals surface area contributed by atoms with Crippen molar-refractivity contribution in [1.29, 1.82) is 0 Å².